The van der Waals surface area contributed by atoms with Gasteiger partial charge in [0, 0.05) is 36.6 Å². The van der Waals surface area contributed by atoms with E-state index in [1.807, 2.05) is 24.3 Å². The van der Waals surface area contributed by atoms with Crippen LogP contribution >= 0.6 is 0 Å². The molecule has 0 atom stereocenters. The molecule has 2 heterocycles. The van der Waals surface area contributed by atoms with Gasteiger partial charge in [-0.1, -0.05) is 12.1 Å². The van der Waals surface area contributed by atoms with Gasteiger partial charge in [-0.15, -0.1) is 0 Å². The molecule has 0 bridgehead atoms. The Bertz CT molecular complexity index is 1210. The summed E-state index contributed by atoms with van der Waals surface area (Å²) in [5.74, 6) is 0.917. The molecule has 1 amide bonds. The van der Waals surface area contributed by atoms with Crippen LogP contribution in [0.3, 0.4) is 0 Å². The van der Waals surface area contributed by atoms with Gasteiger partial charge in [0.15, 0.2) is 0 Å². The Morgan fingerprint density at radius 3 is 2.49 bits per heavy atom. The highest BCUT2D eigenvalue weighted by Gasteiger charge is 2.20. The smallest absolute Gasteiger partial charge is 0.251 e. The lowest BCUT2D eigenvalue weighted by Gasteiger charge is -2.26. The van der Waals surface area contributed by atoms with Gasteiger partial charge in [0.25, 0.3) is 5.91 Å². The van der Waals surface area contributed by atoms with Crippen LogP contribution < -0.4 is 27.0 Å². The summed E-state index contributed by atoms with van der Waals surface area (Å²) in [7, 11) is 0. The first-order chi connectivity index (χ1) is 20.1. The summed E-state index contributed by atoms with van der Waals surface area (Å²) in [5, 5.41) is 22.5. The van der Waals surface area contributed by atoms with Crippen molar-refractivity contribution in [3.05, 3.63) is 59.9 Å². The van der Waals surface area contributed by atoms with Crippen molar-refractivity contribution in [3.63, 3.8) is 0 Å². The van der Waals surface area contributed by atoms with Crippen LogP contribution in [-0.2, 0) is 16.0 Å². The van der Waals surface area contributed by atoms with Crippen molar-refractivity contribution in [1.82, 2.24) is 25.3 Å². The average molecular weight is 566 g/mol. The lowest BCUT2D eigenvalue weighted by molar-refractivity contribution is 0.0511. The number of nitrogens with zero attached hydrogens (tertiary/aromatic N) is 4. The Balaban J connectivity index is 1.37. The number of aromatic nitrogens is 4. The van der Waals surface area contributed by atoms with Crippen LogP contribution in [-0.4, -0.2) is 82.6 Å². The fourth-order valence-corrected chi connectivity index (χ4v) is 4.26. The molecule has 0 aliphatic heterocycles. The number of nitrogens with one attached hydrogen (secondary N) is 4. The Morgan fingerprint density at radius 1 is 0.927 bits per heavy atom. The molecule has 0 unspecified atom stereocenters. The highest BCUT2D eigenvalue weighted by molar-refractivity contribution is 5.95. The van der Waals surface area contributed by atoms with Gasteiger partial charge in [-0.3, -0.25) is 9.78 Å². The van der Waals surface area contributed by atoms with E-state index in [-0.39, 0.29) is 18.1 Å². The minimum absolute atomic E-state index is 0.159. The van der Waals surface area contributed by atoms with E-state index in [0.717, 1.165) is 31.4 Å². The van der Waals surface area contributed by atoms with Gasteiger partial charge in [-0.05, 0) is 56.0 Å². The third-order valence-corrected chi connectivity index (χ3v) is 6.37. The van der Waals surface area contributed by atoms with Crippen molar-refractivity contribution in [2.24, 2.45) is 5.73 Å². The van der Waals surface area contributed by atoms with Crippen molar-refractivity contribution < 1.29 is 19.4 Å². The maximum Gasteiger partial charge on any atom is 0.251 e. The van der Waals surface area contributed by atoms with Crippen molar-refractivity contribution in [2.45, 2.75) is 44.4 Å². The molecule has 1 saturated carbocycles. The number of carbonyl (C=O) groups is 1. The third-order valence-electron chi connectivity index (χ3n) is 6.37. The number of aliphatic hydroxyl groups excluding tert-OH is 1. The number of hydrogen-bond acceptors (Lipinski definition) is 12. The first-order valence-electron chi connectivity index (χ1n) is 13.9. The number of pyridine rings is 1. The maximum absolute atomic E-state index is 12.7. The van der Waals surface area contributed by atoms with Crippen LogP contribution in [0.5, 0.6) is 0 Å². The molecule has 1 fully saturated rings. The van der Waals surface area contributed by atoms with Gasteiger partial charge in [0.1, 0.15) is 0 Å². The summed E-state index contributed by atoms with van der Waals surface area (Å²) in [5.41, 5.74) is 7.37. The molecule has 220 valence electrons. The van der Waals surface area contributed by atoms with Crippen molar-refractivity contribution in [2.75, 3.05) is 55.5 Å². The first kappa shape index (κ1) is 30.1. The molecular weight excluding hydrogens is 526 g/mol. The second-order valence-electron chi connectivity index (χ2n) is 9.61. The predicted octanol–water partition coefficient (Wildman–Crippen LogP) is 2.06. The van der Waals surface area contributed by atoms with Gasteiger partial charge in [-0.25, -0.2) is 0 Å². The summed E-state index contributed by atoms with van der Waals surface area (Å²) in [6, 6.07) is 13.0. The van der Waals surface area contributed by atoms with Crippen LogP contribution in [0.25, 0.3) is 0 Å². The molecule has 1 aliphatic rings. The van der Waals surface area contributed by atoms with Crippen LogP contribution in [0.15, 0.2) is 48.7 Å². The Morgan fingerprint density at radius 2 is 1.71 bits per heavy atom. The molecule has 41 heavy (non-hydrogen) atoms. The van der Waals surface area contributed by atoms with Crippen molar-refractivity contribution >= 4 is 29.4 Å². The maximum atomic E-state index is 12.7. The van der Waals surface area contributed by atoms with E-state index >= 15 is 0 Å². The number of nitrogens with two attached hydrogens (primary N) is 1. The molecule has 1 aliphatic carbocycles. The zero-order valence-corrected chi connectivity index (χ0v) is 23.1. The fraction of sp³-hybridized carbons (Fsp3) is 0.464. The van der Waals surface area contributed by atoms with Gasteiger partial charge in [0.05, 0.1) is 44.8 Å². The zero-order valence-electron chi connectivity index (χ0n) is 23.1. The number of hydrogen-bond donors (Lipinski definition) is 6. The van der Waals surface area contributed by atoms with E-state index in [9.17, 15) is 9.90 Å². The minimum Gasteiger partial charge on any atom is -0.393 e. The number of carbonyl (C=O) groups excluding carboxylic acids is 1. The van der Waals surface area contributed by atoms with E-state index < -0.39 is 0 Å². The summed E-state index contributed by atoms with van der Waals surface area (Å²) in [6.07, 6.45) is 4.62. The summed E-state index contributed by atoms with van der Waals surface area (Å²) in [4.78, 5) is 30.7. The highest BCUT2D eigenvalue weighted by atomic mass is 16.5. The lowest BCUT2D eigenvalue weighted by Crippen LogP contribution is -2.29. The largest absolute Gasteiger partial charge is 0.393 e. The highest BCUT2D eigenvalue weighted by Crippen LogP contribution is 2.23. The van der Waals surface area contributed by atoms with Gasteiger partial charge >= 0.3 is 0 Å². The number of amides is 1. The molecule has 13 heteroatoms. The van der Waals surface area contributed by atoms with Crippen LogP contribution in [0, 0.1) is 0 Å². The fourth-order valence-electron chi connectivity index (χ4n) is 4.26. The summed E-state index contributed by atoms with van der Waals surface area (Å²) >= 11 is 0. The van der Waals surface area contributed by atoms with E-state index in [1.54, 1.807) is 24.4 Å². The summed E-state index contributed by atoms with van der Waals surface area (Å²) in [6.45, 7) is 3.09. The van der Waals surface area contributed by atoms with E-state index in [2.05, 4.69) is 41.2 Å². The topological polar surface area (TPSA) is 181 Å². The molecule has 4 rings (SSSR count). The molecule has 0 radical (unpaired) electrons. The Kier molecular flexibility index (Phi) is 12.0. The summed E-state index contributed by atoms with van der Waals surface area (Å²) < 4.78 is 10.7. The number of ether oxygens (including phenoxy) is 2. The van der Waals surface area contributed by atoms with Crippen molar-refractivity contribution in [1.29, 1.82) is 0 Å². The predicted molar refractivity (Wildman–Crippen MR) is 156 cm³/mol. The SMILES string of the molecule is NCCOCCOCCNC(=O)c1cccc(Nc2nc(NCc3ccccn3)nc(NC3CCC(O)CC3)n2)c1. The molecule has 13 nitrogen and oxygen atoms in total. The number of rotatable bonds is 16. The molecule has 7 N–H and O–H groups in total. The van der Waals surface area contributed by atoms with Crippen LogP contribution in [0.1, 0.15) is 41.7 Å². The van der Waals surface area contributed by atoms with Gasteiger partial charge < -0.3 is 41.6 Å². The zero-order chi connectivity index (χ0) is 28.7. The molecule has 1 aromatic carbocycles. The minimum atomic E-state index is -0.252. The average Bonchev–Trinajstić information content (AvgIpc) is 2.99. The second-order valence-corrected chi connectivity index (χ2v) is 9.61. The van der Waals surface area contributed by atoms with Gasteiger partial charge in [-0.2, -0.15) is 15.0 Å². The van der Waals surface area contributed by atoms with Gasteiger partial charge in [0.2, 0.25) is 17.8 Å². The van der Waals surface area contributed by atoms with Crippen LogP contribution in [0.2, 0.25) is 0 Å². The molecule has 0 spiro atoms. The van der Waals surface area contributed by atoms with E-state index in [1.165, 1.54) is 0 Å². The molecule has 0 saturated heterocycles. The van der Waals surface area contributed by atoms with E-state index in [0.29, 0.717) is 75.2 Å². The van der Waals surface area contributed by atoms with E-state index in [4.69, 9.17) is 15.2 Å². The normalized spacial score (nSPS) is 16.6. The third kappa shape index (κ3) is 10.5. The molecular formula is C28H39N9O4. The second kappa shape index (κ2) is 16.4. The standard InChI is InChI=1S/C28H39N9O4/c29-11-14-40-16-17-41-15-13-31-25(39)20-4-3-6-22(18-20)34-28-36-26(32-19-23-5-1-2-12-30-23)35-27(37-28)33-21-7-9-24(38)10-8-21/h1-6,12,18,21,24,38H,7-11,13-17,19,29H2,(H,31,39)(H3,32,33,34,35,36,37). The molecule has 3 aromatic rings. The number of aliphatic hydroxyl groups is 1. The Hall–Kier alpha value is -3.91. The molecule has 2 aromatic heterocycles. The Labute approximate surface area is 239 Å². The van der Waals surface area contributed by atoms with Crippen LogP contribution in [0.4, 0.5) is 23.5 Å². The lowest BCUT2D eigenvalue weighted by atomic mass is 9.93. The number of anilines is 4. The monoisotopic (exact) mass is 565 g/mol. The quantitative estimate of drug-likeness (QED) is 0.139. The first-order valence-corrected chi connectivity index (χ1v) is 13.9. The number of benzene rings is 1. The van der Waals surface area contributed by atoms with Crippen molar-refractivity contribution in [3.8, 4) is 0 Å².